The van der Waals surface area contributed by atoms with E-state index in [4.69, 9.17) is 9.84 Å². The zero-order valence-corrected chi connectivity index (χ0v) is 13.3. The largest absolute Gasteiger partial charge is 0.480 e. The molecular formula is C14H18BrNO4. The molecule has 0 aliphatic rings. The summed E-state index contributed by atoms with van der Waals surface area (Å²) in [5.41, 5.74) is 0.154. The summed E-state index contributed by atoms with van der Waals surface area (Å²) in [6.07, 6.45) is -0.643. The highest BCUT2D eigenvalue weighted by molar-refractivity contribution is 9.10. The van der Waals surface area contributed by atoms with Crippen molar-refractivity contribution >= 4 is 28.0 Å². The molecule has 0 fully saturated rings. The molecule has 1 aromatic carbocycles. The number of hydrogen-bond donors (Lipinski definition) is 1. The number of carbonyl (C=O) groups is 2. The molecule has 20 heavy (non-hydrogen) atoms. The molecule has 0 unspecified atom stereocenters. The SMILES string of the molecule is CC(C)(C)OC(=O)N(CC(=O)O)Cc1ccccc1Br. The van der Waals surface area contributed by atoms with E-state index in [1.165, 1.54) is 0 Å². The molecule has 1 N–H and O–H groups in total. The topological polar surface area (TPSA) is 66.8 Å². The van der Waals surface area contributed by atoms with Crippen LogP contribution in [0.4, 0.5) is 4.79 Å². The van der Waals surface area contributed by atoms with Gasteiger partial charge in [0.25, 0.3) is 0 Å². The smallest absolute Gasteiger partial charge is 0.411 e. The lowest BCUT2D eigenvalue weighted by Gasteiger charge is -2.26. The lowest BCUT2D eigenvalue weighted by Crippen LogP contribution is -2.39. The third kappa shape index (κ3) is 5.61. The molecule has 5 nitrogen and oxygen atoms in total. The summed E-state index contributed by atoms with van der Waals surface area (Å²) < 4.78 is 6.04. The molecule has 0 aromatic heterocycles. The number of aliphatic carboxylic acids is 1. The maximum atomic E-state index is 12.0. The van der Waals surface area contributed by atoms with Gasteiger partial charge in [0.15, 0.2) is 0 Å². The number of carboxylic acids is 1. The van der Waals surface area contributed by atoms with Crippen LogP contribution in [-0.4, -0.2) is 34.2 Å². The molecule has 0 heterocycles. The minimum Gasteiger partial charge on any atom is -0.480 e. The van der Waals surface area contributed by atoms with E-state index in [2.05, 4.69) is 15.9 Å². The number of rotatable bonds is 4. The number of ether oxygens (including phenoxy) is 1. The van der Waals surface area contributed by atoms with Gasteiger partial charge >= 0.3 is 12.1 Å². The summed E-state index contributed by atoms with van der Waals surface area (Å²) >= 11 is 3.38. The molecule has 0 aliphatic carbocycles. The summed E-state index contributed by atoms with van der Waals surface area (Å²) in [7, 11) is 0. The van der Waals surface area contributed by atoms with Crippen LogP contribution in [0.2, 0.25) is 0 Å². The number of nitrogens with zero attached hydrogens (tertiary/aromatic N) is 1. The molecule has 110 valence electrons. The van der Waals surface area contributed by atoms with Gasteiger partial charge in [-0.2, -0.15) is 0 Å². The standard InChI is InChI=1S/C14H18BrNO4/c1-14(2,3)20-13(19)16(9-12(17)18)8-10-6-4-5-7-11(10)15/h4-7H,8-9H2,1-3H3,(H,17,18). The molecule has 1 amide bonds. The Morgan fingerprint density at radius 1 is 1.30 bits per heavy atom. The van der Waals surface area contributed by atoms with Crippen molar-refractivity contribution in [3.8, 4) is 0 Å². The Hall–Kier alpha value is -1.56. The summed E-state index contributed by atoms with van der Waals surface area (Å²) in [5.74, 6) is -1.08. The molecule has 0 spiro atoms. The van der Waals surface area contributed by atoms with E-state index >= 15 is 0 Å². The molecule has 0 saturated carbocycles. The number of hydrogen-bond acceptors (Lipinski definition) is 3. The monoisotopic (exact) mass is 343 g/mol. The third-order valence-corrected chi connectivity index (χ3v) is 3.07. The van der Waals surface area contributed by atoms with Gasteiger partial charge in [-0.05, 0) is 32.4 Å². The average molecular weight is 344 g/mol. The first-order chi connectivity index (χ1) is 9.19. The molecule has 0 aliphatic heterocycles. The Morgan fingerprint density at radius 3 is 2.40 bits per heavy atom. The molecule has 6 heteroatoms. The average Bonchev–Trinajstić information content (AvgIpc) is 2.28. The lowest BCUT2D eigenvalue weighted by atomic mass is 10.2. The van der Waals surface area contributed by atoms with Crippen molar-refractivity contribution in [2.24, 2.45) is 0 Å². The van der Waals surface area contributed by atoms with Crippen molar-refractivity contribution < 1.29 is 19.4 Å². The van der Waals surface area contributed by atoms with E-state index in [9.17, 15) is 9.59 Å². The van der Waals surface area contributed by atoms with Crippen molar-refractivity contribution in [2.45, 2.75) is 32.9 Å². The van der Waals surface area contributed by atoms with Gasteiger partial charge in [0.1, 0.15) is 12.1 Å². The Balaban J connectivity index is 2.87. The number of benzene rings is 1. The summed E-state index contributed by atoms with van der Waals surface area (Å²) in [6.45, 7) is 4.98. The van der Waals surface area contributed by atoms with Gasteiger partial charge in [-0.15, -0.1) is 0 Å². The normalized spacial score (nSPS) is 11.0. The number of carboxylic acid groups (broad SMARTS) is 1. The molecule has 0 atom stereocenters. The van der Waals surface area contributed by atoms with Crippen LogP contribution in [0.25, 0.3) is 0 Å². The second-order valence-electron chi connectivity index (χ2n) is 5.32. The predicted molar refractivity (Wildman–Crippen MR) is 78.4 cm³/mol. The lowest BCUT2D eigenvalue weighted by molar-refractivity contribution is -0.138. The molecule has 1 rings (SSSR count). The van der Waals surface area contributed by atoms with Crippen LogP contribution in [0.5, 0.6) is 0 Å². The van der Waals surface area contributed by atoms with E-state index < -0.39 is 24.2 Å². The Kier molecular flexibility index (Phi) is 5.56. The van der Waals surface area contributed by atoms with E-state index in [0.29, 0.717) is 0 Å². The molecule has 0 saturated heterocycles. The van der Waals surface area contributed by atoms with Crippen molar-refractivity contribution in [3.05, 3.63) is 34.3 Å². The highest BCUT2D eigenvalue weighted by Gasteiger charge is 2.24. The van der Waals surface area contributed by atoms with Gasteiger partial charge in [-0.25, -0.2) is 4.79 Å². The van der Waals surface area contributed by atoms with Crippen LogP contribution in [0.3, 0.4) is 0 Å². The first-order valence-corrected chi connectivity index (χ1v) is 6.91. The van der Waals surface area contributed by atoms with E-state index in [0.717, 1.165) is 14.9 Å². The summed E-state index contributed by atoms with van der Waals surface area (Å²) in [5, 5.41) is 8.92. The Labute approximate surface area is 126 Å². The van der Waals surface area contributed by atoms with E-state index in [1.54, 1.807) is 20.8 Å². The van der Waals surface area contributed by atoms with E-state index in [1.807, 2.05) is 24.3 Å². The molecule has 1 aromatic rings. The van der Waals surface area contributed by atoms with Crippen LogP contribution in [-0.2, 0) is 16.1 Å². The highest BCUT2D eigenvalue weighted by Crippen LogP contribution is 2.19. The minimum atomic E-state index is -1.08. The zero-order chi connectivity index (χ0) is 15.3. The number of amides is 1. The van der Waals surface area contributed by atoms with Crippen LogP contribution in [0.1, 0.15) is 26.3 Å². The molecule has 0 bridgehead atoms. The van der Waals surface area contributed by atoms with Crippen molar-refractivity contribution in [2.75, 3.05) is 6.54 Å². The second-order valence-corrected chi connectivity index (χ2v) is 6.18. The van der Waals surface area contributed by atoms with Crippen LogP contribution in [0.15, 0.2) is 28.7 Å². The molecular weight excluding hydrogens is 326 g/mol. The fraction of sp³-hybridized carbons (Fsp3) is 0.429. The molecule has 0 radical (unpaired) electrons. The number of carbonyl (C=O) groups excluding carboxylic acids is 1. The van der Waals surface area contributed by atoms with Crippen LogP contribution < -0.4 is 0 Å². The Morgan fingerprint density at radius 2 is 1.90 bits per heavy atom. The van der Waals surface area contributed by atoms with Gasteiger partial charge in [-0.1, -0.05) is 34.1 Å². The minimum absolute atomic E-state index is 0.169. The fourth-order valence-corrected chi connectivity index (χ4v) is 1.92. The van der Waals surface area contributed by atoms with Crippen molar-refractivity contribution in [1.29, 1.82) is 0 Å². The van der Waals surface area contributed by atoms with Gasteiger partial charge in [0, 0.05) is 4.47 Å². The number of halogens is 1. The van der Waals surface area contributed by atoms with Crippen molar-refractivity contribution in [3.63, 3.8) is 0 Å². The quantitative estimate of drug-likeness (QED) is 0.910. The fourth-order valence-electron chi connectivity index (χ4n) is 1.51. The second kappa shape index (κ2) is 6.74. The van der Waals surface area contributed by atoms with E-state index in [-0.39, 0.29) is 6.54 Å². The van der Waals surface area contributed by atoms with Gasteiger partial charge in [0.2, 0.25) is 0 Å². The van der Waals surface area contributed by atoms with Gasteiger partial charge in [-0.3, -0.25) is 9.69 Å². The van der Waals surface area contributed by atoms with Gasteiger partial charge in [0.05, 0.1) is 6.54 Å². The van der Waals surface area contributed by atoms with Gasteiger partial charge < -0.3 is 9.84 Å². The maximum absolute atomic E-state index is 12.0. The highest BCUT2D eigenvalue weighted by atomic mass is 79.9. The zero-order valence-electron chi connectivity index (χ0n) is 11.7. The summed E-state index contributed by atoms with van der Waals surface area (Å²) in [4.78, 5) is 24.1. The first kappa shape index (κ1) is 16.5. The van der Waals surface area contributed by atoms with Crippen molar-refractivity contribution in [1.82, 2.24) is 4.90 Å². The summed E-state index contributed by atoms with van der Waals surface area (Å²) in [6, 6.07) is 7.34. The Bertz CT molecular complexity index is 496. The van der Waals surface area contributed by atoms with Crippen LogP contribution >= 0.6 is 15.9 Å². The maximum Gasteiger partial charge on any atom is 0.411 e. The van der Waals surface area contributed by atoms with Crippen LogP contribution in [0, 0.1) is 0 Å². The third-order valence-electron chi connectivity index (χ3n) is 2.30. The predicted octanol–water partition coefficient (Wildman–Crippen LogP) is 3.27. The first-order valence-electron chi connectivity index (χ1n) is 6.12.